The molecule has 3 aromatic rings. The normalized spacial score (nSPS) is 17.3. The maximum Gasteiger partial charge on any atom is 0.262 e. The van der Waals surface area contributed by atoms with Crippen LogP contribution in [-0.2, 0) is 9.59 Å². The second-order valence-electron chi connectivity index (χ2n) is 8.07. The minimum atomic E-state index is -0.229. The Hall–Kier alpha value is -4.13. The van der Waals surface area contributed by atoms with Crippen molar-refractivity contribution < 1.29 is 14.3 Å². The molecule has 7 nitrogen and oxygen atoms in total. The largest absolute Gasteiger partial charge is 0.497 e. The van der Waals surface area contributed by atoms with Crippen molar-refractivity contribution in [2.24, 2.45) is 5.10 Å². The van der Waals surface area contributed by atoms with Crippen molar-refractivity contribution >= 4 is 28.9 Å². The average Bonchev–Trinajstić information content (AvgIpc) is 3.30. The quantitative estimate of drug-likeness (QED) is 0.654. The number of nitrogens with one attached hydrogen (secondary N) is 1. The summed E-state index contributed by atoms with van der Waals surface area (Å²) in [6, 6.07) is 24.9. The summed E-state index contributed by atoms with van der Waals surface area (Å²) in [5.41, 5.74) is 4.38. The molecule has 3 aromatic carbocycles. The number of hydrogen-bond acceptors (Lipinski definition) is 5. The van der Waals surface area contributed by atoms with Crippen molar-refractivity contribution in [2.45, 2.75) is 12.5 Å². The Kier molecular flexibility index (Phi) is 5.52. The number of para-hydroxylation sites is 2. The zero-order valence-electron chi connectivity index (χ0n) is 18.3. The number of benzene rings is 3. The number of nitrogens with zero attached hydrogens (tertiary/aromatic N) is 3. The lowest BCUT2D eigenvalue weighted by atomic mass is 9.98. The van der Waals surface area contributed by atoms with Crippen LogP contribution in [0.2, 0.25) is 0 Å². The summed E-state index contributed by atoms with van der Waals surface area (Å²) >= 11 is 0. The summed E-state index contributed by atoms with van der Waals surface area (Å²) in [4.78, 5) is 27.5. The fraction of sp³-hybridized carbons (Fsp3) is 0.192. The van der Waals surface area contributed by atoms with E-state index < -0.39 is 0 Å². The molecule has 166 valence electrons. The SMILES string of the molecule is COc1ccc([C@H]2CC(c3ccccc3)=NN2C(=O)CN2CC(=O)Nc3ccccc32)cc1. The Balaban J connectivity index is 1.45. The molecule has 1 N–H and O–H groups in total. The first-order chi connectivity index (χ1) is 16.1. The zero-order valence-corrected chi connectivity index (χ0v) is 18.3. The molecule has 0 aliphatic carbocycles. The third kappa shape index (κ3) is 4.17. The Morgan fingerprint density at radius 2 is 1.76 bits per heavy atom. The van der Waals surface area contributed by atoms with Gasteiger partial charge in [0.05, 0.1) is 43.3 Å². The Morgan fingerprint density at radius 1 is 1.03 bits per heavy atom. The molecular weight excluding hydrogens is 416 g/mol. The van der Waals surface area contributed by atoms with Crippen LogP contribution in [0.3, 0.4) is 0 Å². The predicted molar refractivity (Wildman–Crippen MR) is 127 cm³/mol. The van der Waals surface area contributed by atoms with Crippen LogP contribution in [0.1, 0.15) is 23.6 Å². The number of methoxy groups -OCH3 is 1. The van der Waals surface area contributed by atoms with E-state index in [0.717, 1.165) is 28.3 Å². The lowest BCUT2D eigenvalue weighted by Crippen LogP contribution is -2.44. The highest BCUT2D eigenvalue weighted by atomic mass is 16.5. The van der Waals surface area contributed by atoms with Crippen molar-refractivity contribution in [3.63, 3.8) is 0 Å². The Labute approximate surface area is 192 Å². The van der Waals surface area contributed by atoms with E-state index in [2.05, 4.69) is 5.32 Å². The predicted octanol–water partition coefficient (Wildman–Crippen LogP) is 3.83. The van der Waals surface area contributed by atoms with Crippen LogP contribution in [0.5, 0.6) is 5.75 Å². The molecule has 2 heterocycles. The fourth-order valence-electron chi connectivity index (χ4n) is 4.31. The van der Waals surface area contributed by atoms with E-state index in [1.807, 2.05) is 78.9 Å². The summed E-state index contributed by atoms with van der Waals surface area (Å²) in [7, 11) is 1.63. The number of anilines is 2. The molecule has 0 saturated carbocycles. The second-order valence-corrected chi connectivity index (χ2v) is 8.07. The standard InChI is InChI=1S/C26H24N4O3/c1-33-20-13-11-19(12-14-20)24-15-22(18-7-3-2-4-8-18)28-30(24)26(32)17-29-16-25(31)27-21-9-5-6-10-23(21)29/h2-14,24H,15-17H2,1H3,(H,27,31)/t24-/m1/s1. The van der Waals surface area contributed by atoms with E-state index in [-0.39, 0.29) is 30.9 Å². The molecule has 5 rings (SSSR count). The third-order valence-corrected chi connectivity index (χ3v) is 5.95. The maximum absolute atomic E-state index is 13.5. The highest BCUT2D eigenvalue weighted by Crippen LogP contribution is 2.35. The minimum absolute atomic E-state index is 0.0582. The summed E-state index contributed by atoms with van der Waals surface area (Å²) in [5.74, 6) is 0.462. The molecule has 1 atom stereocenters. The molecule has 2 aliphatic rings. The van der Waals surface area contributed by atoms with Gasteiger partial charge in [0, 0.05) is 6.42 Å². The van der Waals surface area contributed by atoms with Gasteiger partial charge >= 0.3 is 0 Å². The van der Waals surface area contributed by atoms with E-state index in [1.54, 1.807) is 17.0 Å². The van der Waals surface area contributed by atoms with Crippen molar-refractivity contribution in [2.75, 3.05) is 30.4 Å². The zero-order chi connectivity index (χ0) is 22.8. The van der Waals surface area contributed by atoms with Gasteiger partial charge in [-0.1, -0.05) is 54.6 Å². The van der Waals surface area contributed by atoms with E-state index in [1.165, 1.54) is 0 Å². The summed E-state index contributed by atoms with van der Waals surface area (Å²) in [6.45, 7) is 0.182. The molecule has 0 radical (unpaired) electrons. The molecule has 0 aromatic heterocycles. The molecule has 7 heteroatoms. The molecular formula is C26H24N4O3. The number of hydrogen-bond donors (Lipinski definition) is 1. The number of carbonyl (C=O) groups excluding carboxylic acids is 2. The molecule has 0 saturated heterocycles. The van der Waals surface area contributed by atoms with Crippen molar-refractivity contribution in [3.05, 3.63) is 90.0 Å². The topological polar surface area (TPSA) is 74.2 Å². The van der Waals surface area contributed by atoms with E-state index >= 15 is 0 Å². The number of amides is 2. The Morgan fingerprint density at radius 3 is 2.52 bits per heavy atom. The third-order valence-electron chi connectivity index (χ3n) is 5.95. The first-order valence-corrected chi connectivity index (χ1v) is 10.8. The highest BCUT2D eigenvalue weighted by molar-refractivity contribution is 6.04. The molecule has 0 spiro atoms. The molecule has 0 fully saturated rings. The first kappa shape index (κ1) is 20.8. The lowest BCUT2D eigenvalue weighted by molar-refractivity contribution is -0.131. The summed E-state index contributed by atoms with van der Waals surface area (Å²) in [6.07, 6.45) is 0.610. The molecule has 0 unspecified atom stereocenters. The average molecular weight is 441 g/mol. The number of fused-ring (bicyclic) bond motifs is 1. The van der Waals surface area contributed by atoms with Crippen LogP contribution in [0.4, 0.5) is 11.4 Å². The van der Waals surface area contributed by atoms with Gasteiger partial charge in [-0.25, -0.2) is 5.01 Å². The van der Waals surface area contributed by atoms with Crippen LogP contribution >= 0.6 is 0 Å². The van der Waals surface area contributed by atoms with Crippen molar-refractivity contribution in [3.8, 4) is 5.75 Å². The van der Waals surface area contributed by atoms with Gasteiger partial charge in [-0.2, -0.15) is 5.10 Å². The van der Waals surface area contributed by atoms with Crippen LogP contribution in [0, 0.1) is 0 Å². The van der Waals surface area contributed by atoms with Gasteiger partial charge in [0.1, 0.15) is 5.75 Å². The molecule has 33 heavy (non-hydrogen) atoms. The highest BCUT2D eigenvalue weighted by Gasteiger charge is 2.35. The molecule has 0 bridgehead atoms. The van der Waals surface area contributed by atoms with E-state index in [0.29, 0.717) is 12.1 Å². The maximum atomic E-state index is 13.5. The number of rotatable bonds is 5. The fourth-order valence-corrected chi connectivity index (χ4v) is 4.31. The molecule has 2 aliphatic heterocycles. The van der Waals surface area contributed by atoms with Crippen molar-refractivity contribution in [1.29, 1.82) is 0 Å². The van der Waals surface area contributed by atoms with E-state index in [4.69, 9.17) is 9.84 Å². The van der Waals surface area contributed by atoms with Gasteiger partial charge in [0.25, 0.3) is 5.91 Å². The van der Waals surface area contributed by atoms with Crippen LogP contribution in [0.15, 0.2) is 84.0 Å². The minimum Gasteiger partial charge on any atom is -0.497 e. The molecule has 2 amide bonds. The van der Waals surface area contributed by atoms with Gasteiger partial charge < -0.3 is 15.0 Å². The van der Waals surface area contributed by atoms with Gasteiger partial charge in [-0.05, 0) is 35.4 Å². The van der Waals surface area contributed by atoms with Gasteiger partial charge in [0.15, 0.2) is 0 Å². The summed E-state index contributed by atoms with van der Waals surface area (Å²) in [5, 5.41) is 9.17. The van der Waals surface area contributed by atoms with Gasteiger partial charge in [-0.15, -0.1) is 0 Å². The van der Waals surface area contributed by atoms with Gasteiger partial charge in [0.2, 0.25) is 5.91 Å². The first-order valence-electron chi connectivity index (χ1n) is 10.8. The lowest BCUT2D eigenvalue weighted by Gasteiger charge is -2.32. The van der Waals surface area contributed by atoms with Crippen LogP contribution in [0.25, 0.3) is 0 Å². The number of hydrazone groups is 1. The monoisotopic (exact) mass is 440 g/mol. The van der Waals surface area contributed by atoms with Crippen molar-refractivity contribution in [1.82, 2.24) is 5.01 Å². The Bertz CT molecular complexity index is 1210. The van der Waals surface area contributed by atoms with E-state index in [9.17, 15) is 9.59 Å². The number of carbonyl (C=O) groups is 2. The van der Waals surface area contributed by atoms with Crippen LogP contribution in [-0.4, -0.2) is 42.7 Å². The number of ether oxygens (including phenoxy) is 1. The summed E-state index contributed by atoms with van der Waals surface area (Å²) < 4.78 is 5.29. The smallest absolute Gasteiger partial charge is 0.262 e. The van der Waals surface area contributed by atoms with Gasteiger partial charge in [-0.3, -0.25) is 9.59 Å². The second kappa shape index (κ2) is 8.78. The van der Waals surface area contributed by atoms with Crippen LogP contribution < -0.4 is 15.0 Å².